The van der Waals surface area contributed by atoms with Crippen LogP contribution in [0.3, 0.4) is 0 Å². The van der Waals surface area contributed by atoms with Crippen molar-refractivity contribution >= 4 is 28.4 Å². The molecule has 0 aliphatic carbocycles. The van der Waals surface area contributed by atoms with E-state index in [1.165, 1.54) is 6.07 Å². The highest BCUT2D eigenvalue weighted by atomic mass is 19.1. The molecule has 0 saturated carbocycles. The van der Waals surface area contributed by atoms with Gasteiger partial charge in [0.05, 0.1) is 17.9 Å². The number of nitrogens with zero attached hydrogens (tertiary/aromatic N) is 2. The first-order chi connectivity index (χ1) is 14.4. The molecule has 1 unspecified atom stereocenters. The summed E-state index contributed by atoms with van der Waals surface area (Å²) in [6.45, 7) is 5.01. The van der Waals surface area contributed by atoms with Crippen LogP contribution < -0.4 is 10.8 Å². The molecule has 3 aromatic rings. The Morgan fingerprint density at radius 3 is 2.73 bits per heavy atom. The fraction of sp³-hybridized carbons (Fsp3) is 0.333. The molecule has 0 fully saturated rings. The number of amides is 1. The van der Waals surface area contributed by atoms with E-state index < -0.39 is 24.4 Å². The second kappa shape index (κ2) is 10.7. The lowest BCUT2D eigenvalue weighted by Gasteiger charge is -2.13. The summed E-state index contributed by atoms with van der Waals surface area (Å²) < 4.78 is 16.0. The summed E-state index contributed by atoms with van der Waals surface area (Å²) in [5.74, 6) is -0.717. The summed E-state index contributed by atoms with van der Waals surface area (Å²) in [4.78, 5) is 22.0. The highest BCUT2D eigenvalue weighted by Crippen LogP contribution is 2.31. The number of pyridine rings is 1. The number of hydrogen-bond acceptors (Lipinski definition) is 6. The van der Waals surface area contributed by atoms with Gasteiger partial charge in [-0.25, -0.2) is 14.9 Å². The molecule has 1 amide bonds. The third-order valence-corrected chi connectivity index (χ3v) is 4.20. The van der Waals surface area contributed by atoms with Crippen LogP contribution in [0.5, 0.6) is 0 Å². The monoisotopic (exact) mass is 418 g/mol. The Morgan fingerprint density at radius 2 is 2.07 bits per heavy atom. The van der Waals surface area contributed by atoms with Crippen LogP contribution in [0.25, 0.3) is 11.0 Å². The summed E-state index contributed by atoms with van der Waals surface area (Å²) >= 11 is 0. The maximum absolute atomic E-state index is 14.3. The Morgan fingerprint density at radius 1 is 1.33 bits per heavy atom. The van der Waals surface area contributed by atoms with Crippen molar-refractivity contribution < 1.29 is 24.2 Å². The van der Waals surface area contributed by atoms with E-state index >= 15 is 0 Å². The number of aliphatic hydroxyl groups excluding tert-OH is 2. The van der Waals surface area contributed by atoms with Crippen molar-refractivity contribution in [3.8, 4) is 0 Å². The van der Waals surface area contributed by atoms with Crippen molar-refractivity contribution in [2.45, 2.75) is 26.9 Å². The summed E-state index contributed by atoms with van der Waals surface area (Å²) in [5.41, 5.74) is 3.96. The fourth-order valence-electron chi connectivity index (χ4n) is 2.79. The van der Waals surface area contributed by atoms with E-state index in [2.05, 4.69) is 15.8 Å². The third-order valence-electron chi connectivity index (χ3n) is 4.20. The van der Waals surface area contributed by atoms with Crippen molar-refractivity contribution in [1.29, 1.82) is 0 Å². The normalized spacial score (nSPS) is 11.6. The molecule has 0 bridgehead atoms. The number of halogens is 1. The van der Waals surface area contributed by atoms with E-state index in [0.717, 1.165) is 5.56 Å². The van der Waals surface area contributed by atoms with Crippen LogP contribution in [0.4, 0.5) is 15.9 Å². The molecule has 9 heteroatoms. The summed E-state index contributed by atoms with van der Waals surface area (Å²) in [6.07, 6.45) is 0.475. The smallest absolute Gasteiger partial charge is 0.279 e. The Balaban J connectivity index is 0.00000155. The van der Waals surface area contributed by atoms with Crippen molar-refractivity contribution in [2.24, 2.45) is 7.05 Å². The van der Waals surface area contributed by atoms with Gasteiger partial charge >= 0.3 is 0 Å². The van der Waals surface area contributed by atoms with Crippen LogP contribution in [0, 0.1) is 12.7 Å². The predicted octanol–water partition coefficient (Wildman–Crippen LogP) is 2.81. The zero-order valence-electron chi connectivity index (χ0n) is 17.4. The van der Waals surface area contributed by atoms with Gasteiger partial charge in [-0.1, -0.05) is 19.9 Å². The molecule has 0 aliphatic heterocycles. The largest absolute Gasteiger partial charge is 0.394 e. The van der Waals surface area contributed by atoms with Crippen molar-refractivity contribution in [2.75, 3.05) is 18.5 Å². The predicted molar refractivity (Wildman–Crippen MR) is 113 cm³/mol. The minimum Gasteiger partial charge on any atom is -0.394 e. The first-order valence-electron chi connectivity index (χ1n) is 9.60. The number of anilines is 2. The number of fused-ring (bicyclic) bond motifs is 1. The molecule has 0 spiro atoms. The molecule has 162 valence electrons. The fourth-order valence-corrected chi connectivity index (χ4v) is 2.79. The molecule has 30 heavy (non-hydrogen) atoms. The van der Waals surface area contributed by atoms with Crippen LogP contribution in [-0.2, 0) is 11.9 Å². The van der Waals surface area contributed by atoms with Crippen molar-refractivity contribution in [3.05, 3.63) is 53.5 Å². The van der Waals surface area contributed by atoms with Crippen LogP contribution in [0.15, 0.2) is 36.5 Å². The molecule has 2 aromatic heterocycles. The lowest BCUT2D eigenvalue weighted by Crippen LogP contribution is -2.30. The number of aryl methyl sites for hydroxylation is 2. The average molecular weight is 418 g/mol. The highest BCUT2D eigenvalue weighted by Gasteiger charge is 2.23. The molecule has 2 heterocycles. The first-order valence-corrected chi connectivity index (χ1v) is 9.60. The molecule has 0 saturated heterocycles. The van der Waals surface area contributed by atoms with Gasteiger partial charge in [-0.2, -0.15) is 0 Å². The number of aromatic nitrogens is 2. The Hall–Kier alpha value is -3.01. The number of hydrogen-bond donors (Lipinski definition) is 4. The number of benzene rings is 1. The van der Waals surface area contributed by atoms with E-state index in [4.69, 9.17) is 9.94 Å². The van der Waals surface area contributed by atoms with Crippen LogP contribution in [0.1, 0.15) is 29.8 Å². The molecule has 4 N–H and O–H groups in total. The maximum atomic E-state index is 14.3. The molecule has 8 nitrogen and oxygen atoms in total. The SMILES string of the molecule is CC.Cc1ccc(Nc2c(C(=O)NOCC(O)CO)c3cccnc3n2C)c(F)c1. The topological polar surface area (TPSA) is 109 Å². The van der Waals surface area contributed by atoms with Gasteiger partial charge in [0.25, 0.3) is 5.91 Å². The van der Waals surface area contributed by atoms with Gasteiger partial charge in [-0.3, -0.25) is 9.63 Å². The molecule has 3 rings (SSSR count). The Kier molecular flexibility index (Phi) is 8.28. The van der Waals surface area contributed by atoms with E-state index in [1.807, 2.05) is 13.8 Å². The zero-order valence-corrected chi connectivity index (χ0v) is 17.4. The minimum absolute atomic E-state index is 0.210. The second-order valence-electron chi connectivity index (χ2n) is 6.34. The van der Waals surface area contributed by atoms with Gasteiger partial charge in [-0.15, -0.1) is 0 Å². The minimum atomic E-state index is -1.12. The van der Waals surface area contributed by atoms with Gasteiger partial charge in [-0.05, 0) is 36.8 Å². The van der Waals surface area contributed by atoms with Gasteiger partial charge in [0.1, 0.15) is 30.0 Å². The molecular formula is C21H27FN4O4. The lowest BCUT2D eigenvalue weighted by molar-refractivity contribution is -0.0294. The van der Waals surface area contributed by atoms with Crippen LogP contribution in [-0.4, -0.2) is 45.0 Å². The molecular weight excluding hydrogens is 391 g/mol. The van der Waals surface area contributed by atoms with Crippen LogP contribution in [0.2, 0.25) is 0 Å². The van der Waals surface area contributed by atoms with E-state index in [-0.39, 0.29) is 17.9 Å². The zero-order chi connectivity index (χ0) is 22.3. The summed E-state index contributed by atoms with van der Waals surface area (Å²) in [5, 5.41) is 21.6. The quantitative estimate of drug-likeness (QED) is 0.440. The van der Waals surface area contributed by atoms with E-state index in [0.29, 0.717) is 16.9 Å². The highest BCUT2D eigenvalue weighted by molar-refractivity contribution is 6.11. The third kappa shape index (κ3) is 5.12. The number of rotatable bonds is 7. The molecule has 0 aliphatic rings. The first kappa shape index (κ1) is 23.3. The second-order valence-corrected chi connectivity index (χ2v) is 6.34. The average Bonchev–Trinajstić information content (AvgIpc) is 3.03. The van der Waals surface area contributed by atoms with Gasteiger partial charge < -0.3 is 20.1 Å². The molecule has 0 radical (unpaired) electrons. The number of carbonyl (C=O) groups excluding carboxylic acids is 1. The Bertz CT molecular complexity index is 1010. The summed E-state index contributed by atoms with van der Waals surface area (Å²) in [7, 11) is 1.71. The van der Waals surface area contributed by atoms with Crippen molar-refractivity contribution in [1.82, 2.24) is 15.0 Å². The standard InChI is InChI=1S/C19H21FN4O4.C2H6/c1-11-5-6-15(14(20)8-11)22-18-16(19(27)23-28-10-12(26)9-25)13-4-3-7-21-17(13)24(18)2;1-2/h3-8,12,22,25-26H,9-10H2,1-2H3,(H,23,27);1-2H3. The maximum Gasteiger partial charge on any atom is 0.279 e. The number of aliphatic hydroxyl groups is 2. The number of carbonyl (C=O) groups is 1. The van der Waals surface area contributed by atoms with E-state index in [1.54, 1.807) is 49.0 Å². The molecule has 1 atom stereocenters. The Labute approximate surface area is 174 Å². The van der Waals surface area contributed by atoms with Gasteiger partial charge in [0.2, 0.25) is 0 Å². The number of nitrogens with one attached hydrogen (secondary N) is 2. The lowest BCUT2D eigenvalue weighted by atomic mass is 10.2. The molecule has 1 aromatic carbocycles. The van der Waals surface area contributed by atoms with E-state index in [9.17, 15) is 14.3 Å². The number of hydroxylamine groups is 1. The van der Waals surface area contributed by atoms with Crippen LogP contribution >= 0.6 is 0 Å². The van der Waals surface area contributed by atoms with Gasteiger partial charge in [0.15, 0.2) is 0 Å². The van der Waals surface area contributed by atoms with Gasteiger partial charge in [0, 0.05) is 18.6 Å². The van der Waals surface area contributed by atoms with Crippen molar-refractivity contribution in [3.63, 3.8) is 0 Å². The summed E-state index contributed by atoms with van der Waals surface area (Å²) in [6, 6.07) is 8.14.